The molecular weight excluding hydrogens is 452 g/mol. The van der Waals surface area contributed by atoms with Gasteiger partial charge in [0.25, 0.3) is 11.8 Å². The van der Waals surface area contributed by atoms with E-state index in [9.17, 15) is 9.59 Å². The number of imide groups is 1. The van der Waals surface area contributed by atoms with E-state index in [-0.39, 0.29) is 24.2 Å². The van der Waals surface area contributed by atoms with Crippen LogP contribution in [0.1, 0.15) is 11.5 Å². The number of aryl methyl sites for hydroxylation is 1. The van der Waals surface area contributed by atoms with Crippen molar-refractivity contribution >= 4 is 33.4 Å². The summed E-state index contributed by atoms with van der Waals surface area (Å²) in [4.78, 5) is 31.3. The molecule has 2 aliphatic heterocycles. The van der Waals surface area contributed by atoms with Crippen LogP contribution in [0.3, 0.4) is 0 Å². The number of rotatable bonds is 4. The summed E-state index contributed by atoms with van der Waals surface area (Å²) in [6, 6.07) is 13.0. The van der Waals surface area contributed by atoms with Crippen LogP contribution in [-0.4, -0.2) is 39.0 Å². The second kappa shape index (κ2) is 7.13. The van der Waals surface area contributed by atoms with Gasteiger partial charge in [-0.05, 0) is 43.3 Å². The number of benzene rings is 2. The van der Waals surface area contributed by atoms with Gasteiger partial charge >= 0.3 is 0 Å². The molecule has 1 aromatic heterocycles. The minimum Gasteiger partial charge on any atom is -0.337 e. The first kappa shape index (κ1) is 18.6. The third kappa shape index (κ3) is 3.09. The molecule has 2 atom stereocenters. The van der Waals surface area contributed by atoms with Crippen LogP contribution in [-0.2, 0) is 16.1 Å². The molecule has 0 aliphatic carbocycles. The van der Waals surface area contributed by atoms with E-state index in [2.05, 4.69) is 36.4 Å². The second-order valence-corrected chi connectivity index (χ2v) is 7.97. The van der Waals surface area contributed by atoms with Gasteiger partial charge in [-0.2, -0.15) is 10.1 Å². The predicted octanol–water partition coefficient (Wildman–Crippen LogP) is 3.30. The first-order valence-electron chi connectivity index (χ1n) is 9.22. The van der Waals surface area contributed by atoms with E-state index in [1.165, 1.54) is 9.91 Å². The molecule has 2 amide bonds. The molecule has 1 fully saturated rings. The Balaban J connectivity index is 1.36. The maximum atomic E-state index is 13.0. The maximum absolute atomic E-state index is 13.0. The van der Waals surface area contributed by atoms with Gasteiger partial charge in [-0.15, -0.1) is 0 Å². The molecule has 0 bridgehead atoms. The van der Waals surface area contributed by atoms with E-state index in [0.717, 1.165) is 15.6 Å². The number of hydrogen-bond donors (Lipinski definition) is 0. The van der Waals surface area contributed by atoms with Gasteiger partial charge in [-0.1, -0.05) is 44.0 Å². The number of amides is 2. The topological polar surface area (TPSA) is 104 Å². The molecule has 30 heavy (non-hydrogen) atoms. The molecule has 0 saturated carbocycles. The average Bonchev–Trinajstić information content (AvgIpc) is 3.43. The highest BCUT2D eigenvalue weighted by atomic mass is 79.9. The molecule has 2 aliphatic rings. The molecule has 1 saturated heterocycles. The number of carbonyl (C=O) groups is 2. The number of halogens is 1. The van der Waals surface area contributed by atoms with E-state index in [1.54, 1.807) is 12.1 Å². The molecule has 9 nitrogen and oxygen atoms in total. The normalized spacial score (nSPS) is 20.3. The van der Waals surface area contributed by atoms with Gasteiger partial charge in [0, 0.05) is 10.0 Å². The zero-order valence-electron chi connectivity index (χ0n) is 15.8. The summed E-state index contributed by atoms with van der Waals surface area (Å²) in [5.41, 5.74) is 2.36. The van der Waals surface area contributed by atoms with Gasteiger partial charge in [0.05, 0.1) is 5.69 Å². The van der Waals surface area contributed by atoms with E-state index in [4.69, 9.17) is 4.52 Å². The molecule has 2 aromatic carbocycles. The van der Waals surface area contributed by atoms with Crippen molar-refractivity contribution in [3.63, 3.8) is 0 Å². The fourth-order valence-electron chi connectivity index (χ4n) is 3.48. The zero-order valence-corrected chi connectivity index (χ0v) is 17.4. The van der Waals surface area contributed by atoms with Crippen molar-refractivity contribution in [2.45, 2.75) is 25.6 Å². The Labute approximate surface area is 179 Å². The summed E-state index contributed by atoms with van der Waals surface area (Å²) in [5, 5.41) is 13.4. The lowest BCUT2D eigenvalue weighted by Crippen LogP contribution is -2.39. The molecule has 10 heteroatoms. The molecule has 0 spiro atoms. The number of nitrogens with zero attached hydrogens (tertiary/aromatic N) is 6. The highest BCUT2D eigenvalue weighted by Gasteiger charge is 2.55. The van der Waals surface area contributed by atoms with Gasteiger partial charge < -0.3 is 4.52 Å². The minimum atomic E-state index is -0.868. The summed E-state index contributed by atoms with van der Waals surface area (Å²) < 4.78 is 6.27. The van der Waals surface area contributed by atoms with E-state index < -0.39 is 12.1 Å². The first-order chi connectivity index (χ1) is 14.5. The number of anilines is 1. The first-order valence-corrected chi connectivity index (χ1v) is 10.0. The number of aromatic nitrogens is 2. The molecule has 150 valence electrons. The van der Waals surface area contributed by atoms with Crippen molar-refractivity contribution in [3.05, 3.63) is 64.5 Å². The standard InChI is InChI=1S/C20H15BrN6O3/c1-11-2-8-14(9-3-11)27-19(28)16-17(20(27)29)26(25-23-16)10-15-22-18(24-30-15)12-4-6-13(21)7-5-12/h2-9,16-17H,10H2,1H3/t16-,17-/m0/s1. The fourth-order valence-corrected chi connectivity index (χ4v) is 3.74. The Morgan fingerprint density at radius 1 is 1.03 bits per heavy atom. The summed E-state index contributed by atoms with van der Waals surface area (Å²) in [6.07, 6.45) is 0. The lowest BCUT2D eigenvalue weighted by molar-refractivity contribution is -0.123. The van der Waals surface area contributed by atoms with Crippen LogP contribution in [0.15, 0.2) is 67.9 Å². The molecule has 0 radical (unpaired) electrons. The molecular formula is C20H15BrN6O3. The van der Waals surface area contributed by atoms with Crippen LogP contribution in [0.4, 0.5) is 5.69 Å². The summed E-state index contributed by atoms with van der Waals surface area (Å²) in [5.74, 6) is -0.0467. The third-order valence-corrected chi connectivity index (χ3v) is 5.55. The lowest BCUT2D eigenvalue weighted by atomic mass is 10.1. The van der Waals surface area contributed by atoms with Crippen molar-refractivity contribution in [2.75, 3.05) is 4.90 Å². The van der Waals surface area contributed by atoms with E-state index in [1.807, 2.05) is 43.3 Å². The van der Waals surface area contributed by atoms with Gasteiger partial charge in [0.15, 0.2) is 12.1 Å². The summed E-state index contributed by atoms with van der Waals surface area (Å²) >= 11 is 3.39. The molecule has 0 unspecified atom stereocenters. The van der Waals surface area contributed by atoms with Gasteiger partial charge in [-0.3, -0.25) is 14.6 Å². The molecule has 3 aromatic rings. The van der Waals surface area contributed by atoms with Crippen molar-refractivity contribution in [1.29, 1.82) is 0 Å². The van der Waals surface area contributed by atoms with E-state index >= 15 is 0 Å². The lowest BCUT2D eigenvalue weighted by Gasteiger charge is -2.19. The maximum Gasteiger partial charge on any atom is 0.263 e. The molecule has 5 rings (SSSR count). The van der Waals surface area contributed by atoms with Crippen LogP contribution < -0.4 is 4.90 Å². The second-order valence-electron chi connectivity index (χ2n) is 7.06. The van der Waals surface area contributed by atoms with Crippen LogP contribution in [0, 0.1) is 6.92 Å². The fraction of sp³-hybridized carbons (Fsp3) is 0.200. The SMILES string of the molecule is Cc1ccc(N2C(=O)[C@H]3N=NN(Cc4nc(-c5ccc(Br)cc5)no4)[C@@H]3C2=O)cc1. The highest BCUT2D eigenvalue weighted by Crippen LogP contribution is 2.33. The third-order valence-electron chi connectivity index (χ3n) is 5.02. The van der Waals surface area contributed by atoms with Crippen LogP contribution >= 0.6 is 15.9 Å². The predicted molar refractivity (Wildman–Crippen MR) is 109 cm³/mol. The quantitative estimate of drug-likeness (QED) is 0.546. The van der Waals surface area contributed by atoms with Crippen molar-refractivity contribution in [3.8, 4) is 11.4 Å². The van der Waals surface area contributed by atoms with Crippen molar-refractivity contribution in [1.82, 2.24) is 15.1 Å². The average molecular weight is 467 g/mol. The zero-order chi connectivity index (χ0) is 20.8. The molecule has 3 heterocycles. The Morgan fingerprint density at radius 2 is 1.77 bits per heavy atom. The van der Waals surface area contributed by atoms with E-state index in [0.29, 0.717) is 11.5 Å². The van der Waals surface area contributed by atoms with Crippen molar-refractivity contribution < 1.29 is 14.1 Å². The van der Waals surface area contributed by atoms with Crippen LogP contribution in [0.5, 0.6) is 0 Å². The Bertz CT molecular complexity index is 1160. The van der Waals surface area contributed by atoms with Crippen molar-refractivity contribution in [2.24, 2.45) is 10.3 Å². The molecule has 0 N–H and O–H groups in total. The minimum absolute atomic E-state index is 0.0783. The summed E-state index contributed by atoms with van der Waals surface area (Å²) in [7, 11) is 0. The summed E-state index contributed by atoms with van der Waals surface area (Å²) in [6.45, 7) is 2.02. The van der Waals surface area contributed by atoms with Crippen LogP contribution in [0.2, 0.25) is 0 Å². The Morgan fingerprint density at radius 3 is 2.50 bits per heavy atom. The number of carbonyl (C=O) groups excluding carboxylic acids is 2. The van der Waals surface area contributed by atoms with Crippen LogP contribution in [0.25, 0.3) is 11.4 Å². The smallest absolute Gasteiger partial charge is 0.263 e. The Kier molecular flexibility index (Phi) is 4.43. The van der Waals surface area contributed by atoms with Gasteiger partial charge in [0.2, 0.25) is 11.7 Å². The van der Waals surface area contributed by atoms with Gasteiger partial charge in [-0.25, -0.2) is 4.90 Å². The largest absolute Gasteiger partial charge is 0.337 e. The monoisotopic (exact) mass is 466 g/mol. The highest BCUT2D eigenvalue weighted by molar-refractivity contribution is 9.10. The van der Waals surface area contributed by atoms with Gasteiger partial charge in [0.1, 0.15) is 6.54 Å². The Hall–Kier alpha value is -3.40. The number of fused-ring (bicyclic) bond motifs is 1. The number of hydrogen-bond acceptors (Lipinski definition) is 8.